The minimum atomic E-state index is -4.96. The van der Waals surface area contributed by atoms with Gasteiger partial charge in [-0.05, 0) is 89.5 Å². The lowest BCUT2D eigenvalue weighted by atomic mass is 9.84. The van der Waals surface area contributed by atoms with Crippen molar-refractivity contribution in [3.8, 4) is 5.75 Å². The summed E-state index contributed by atoms with van der Waals surface area (Å²) in [7, 11) is -4.96. The van der Waals surface area contributed by atoms with Crippen LogP contribution >= 0.6 is 11.3 Å². The van der Waals surface area contributed by atoms with Crippen molar-refractivity contribution >= 4 is 50.2 Å². The van der Waals surface area contributed by atoms with Crippen molar-refractivity contribution in [1.29, 1.82) is 0 Å². The highest BCUT2D eigenvalue weighted by Crippen LogP contribution is 2.33. The Morgan fingerprint density at radius 2 is 2.02 bits per heavy atom. The number of nitrogens with two attached hydrogens (primary N) is 3. The first kappa shape index (κ1) is 34.5. The number of amidine groups is 1. The molecule has 256 valence electrons. The third-order valence-corrected chi connectivity index (χ3v) is 9.58. The molecule has 1 saturated heterocycles. The van der Waals surface area contributed by atoms with E-state index in [0.29, 0.717) is 29.5 Å². The lowest BCUT2D eigenvalue weighted by Gasteiger charge is -2.50. The van der Waals surface area contributed by atoms with E-state index in [1.807, 2.05) is 18.2 Å². The number of carbonyl (C=O) groups excluding carboxylic acids is 2. The van der Waals surface area contributed by atoms with Gasteiger partial charge in [-0.2, -0.15) is 13.5 Å². The highest BCUT2D eigenvalue weighted by Gasteiger charge is 2.58. The monoisotopic (exact) mass is 692 g/mol. The number of carbonyl (C=O) groups is 2. The number of fused-ring (bicyclic) bond motifs is 1. The number of β-lactam (4-membered cyclic amide) rings is 1. The van der Waals surface area contributed by atoms with Crippen LogP contribution in [0.4, 0.5) is 5.13 Å². The fourth-order valence-electron chi connectivity index (χ4n) is 5.83. The molecule has 5 rings (SSSR count). The number of anilines is 1. The van der Waals surface area contributed by atoms with E-state index in [0.717, 1.165) is 54.6 Å². The van der Waals surface area contributed by atoms with Gasteiger partial charge >= 0.3 is 10.4 Å². The number of nitrogens with zero attached hydrogens (tertiary/aromatic N) is 4. The third-order valence-electron chi connectivity index (χ3n) is 8.57. The molecule has 2 aromatic rings. The molecule has 2 amide bonds. The quantitative estimate of drug-likeness (QED) is 0.0593. The van der Waals surface area contributed by atoms with Crippen molar-refractivity contribution in [3.05, 3.63) is 40.4 Å². The van der Waals surface area contributed by atoms with Gasteiger partial charge in [0.15, 0.2) is 16.9 Å². The molecular weight excluding hydrogens is 653 g/mol. The van der Waals surface area contributed by atoms with Gasteiger partial charge in [0.2, 0.25) is 0 Å². The van der Waals surface area contributed by atoms with E-state index in [4.69, 9.17) is 36.3 Å². The smallest absolute Gasteiger partial charge is 0.418 e. The first-order valence-electron chi connectivity index (χ1n) is 15.3. The summed E-state index contributed by atoms with van der Waals surface area (Å²) in [5.41, 5.74) is 18.6. The van der Waals surface area contributed by atoms with Crippen molar-refractivity contribution in [2.24, 2.45) is 21.6 Å². The van der Waals surface area contributed by atoms with Crippen molar-refractivity contribution in [1.82, 2.24) is 15.4 Å². The Morgan fingerprint density at radius 1 is 1.26 bits per heavy atom. The van der Waals surface area contributed by atoms with E-state index in [2.05, 4.69) is 19.7 Å². The predicted octanol–water partition coefficient (Wildman–Crippen LogP) is 1.43. The highest BCUT2D eigenvalue weighted by atomic mass is 32.3. The summed E-state index contributed by atoms with van der Waals surface area (Å²) in [6, 6.07) is 4.93. The number of nitrogen functional groups attached to an aromatic ring is 1. The van der Waals surface area contributed by atoms with Crippen LogP contribution in [-0.4, -0.2) is 82.3 Å². The summed E-state index contributed by atoms with van der Waals surface area (Å²) in [4.78, 5) is 40.6. The summed E-state index contributed by atoms with van der Waals surface area (Å²) >= 11 is 1.08. The number of rotatable bonds is 10. The zero-order valence-corrected chi connectivity index (χ0v) is 27.9. The summed E-state index contributed by atoms with van der Waals surface area (Å²) in [6.07, 6.45) is 5.20. The van der Waals surface area contributed by atoms with E-state index >= 15 is 0 Å². The van der Waals surface area contributed by atoms with Crippen LogP contribution in [0, 0.1) is 0 Å². The van der Waals surface area contributed by atoms with Crippen molar-refractivity contribution in [2.45, 2.75) is 102 Å². The summed E-state index contributed by atoms with van der Waals surface area (Å²) in [5, 5.41) is 8.74. The first-order chi connectivity index (χ1) is 22.1. The second kappa shape index (κ2) is 13.7. The molecule has 8 N–H and O–H groups in total. The van der Waals surface area contributed by atoms with Crippen LogP contribution in [0.2, 0.25) is 0 Å². The Bertz CT molecular complexity index is 1680. The number of hydroxylamine groups is 2. The van der Waals surface area contributed by atoms with Gasteiger partial charge in [-0.3, -0.25) is 19.1 Å². The Hall–Kier alpha value is -3.84. The van der Waals surface area contributed by atoms with Gasteiger partial charge in [-0.15, -0.1) is 15.6 Å². The molecule has 1 aliphatic carbocycles. The number of ether oxygens (including phenoxy) is 1. The second-order valence-corrected chi connectivity index (χ2v) is 14.4. The van der Waals surface area contributed by atoms with Crippen molar-refractivity contribution < 1.29 is 36.4 Å². The molecule has 16 nitrogen and oxygen atoms in total. The fourth-order valence-corrected chi connectivity index (χ4v) is 6.84. The molecule has 3 aliphatic rings. The number of benzene rings is 1. The van der Waals surface area contributed by atoms with E-state index < -0.39 is 46.0 Å². The van der Waals surface area contributed by atoms with Crippen LogP contribution in [0.15, 0.2) is 33.7 Å². The molecular formula is C29H40N8O8S2. The largest absolute Gasteiger partial charge is 0.486 e. The molecule has 2 aliphatic heterocycles. The number of aryl methyl sites for hydroxylation is 1. The average molecular weight is 693 g/mol. The summed E-state index contributed by atoms with van der Waals surface area (Å²) in [6.45, 7) is 4.64. The molecule has 1 aromatic heterocycles. The number of hydrogen-bond acceptors (Lipinski definition) is 13. The number of aliphatic imine (C=N–C) groups is 1. The molecule has 1 aromatic carbocycles. The van der Waals surface area contributed by atoms with Crippen LogP contribution < -0.4 is 27.3 Å². The van der Waals surface area contributed by atoms with Gasteiger partial charge in [0.1, 0.15) is 29.4 Å². The minimum absolute atomic E-state index is 0.112. The summed E-state index contributed by atoms with van der Waals surface area (Å²) in [5.74, 6) is -0.535. The van der Waals surface area contributed by atoms with Crippen LogP contribution in [-0.2, 0) is 35.5 Å². The molecule has 1 saturated carbocycles. The maximum Gasteiger partial charge on any atom is 0.418 e. The molecule has 0 bridgehead atoms. The molecule has 0 radical (unpaired) electrons. The van der Waals surface area contributed by atoms with Crippen molar-refractivity contribution in [2.75, 3.05) is 5.73 Å². The van der Waals surface area contributed by atoms with Gasteiger partial charge in [-0.1, -0.05) is 5.16 Å². The Labute approximate surface area is 276 Å². The Kier molecular flexibility index (Phi) is 10.1. The number of nitrogens with one attached hydrogen (secondary N) is 1. The van der Waals surface area contributed by atoms with Gasteiger partial charge in [0.25, 0.3) is 11.8 Å². The van der Waals surface area contributed by atoms with Crippen LogP contribution in [0.25, 0.3) is 0 Å². The number of aromatic nitrogens is 1. The number of amides is 2. The Balaban J connectivity index is 1.24. The molecule has 2 fully saturated rings. The minimum Gasteiger partial charge on any atom is -0.486 e. The van der Waals surface area contributed by atoms with E-state index in [9.17, 15) is 18.0 Å². The zero-order valence-electron chi connectivity index (χ0n) is 26.3. The molecule has 5 unspecified atom stereocenters. The lowest BCUT2D eigenvalue weighted by Crippen LogP contribution is -2.76. The predicted molar refractivity (Wildman–Crippen MR) is 174 cm³/mol. The standard InChI is InChI=1S/C29H40N8O8S2/c1-15(21-11-7-16-13-17(8-12-22(16)43-21)25(31)33-19-6-4-5-18(30)9-10-19)44-36-23(20-14-46-28(32)34-20)26(38)35-24-27(39)37(29(24,2)3)45-47(40,41)42/h8,12-15,18-19,21,24H,4-7,9-11,30H2,1-3H3,(H2,31,33)(H2,32,34)(H,35,38)(H,40,41,42)/b36-23-. The lowest BCUT2D eigenvalue weighted by molar-refractivity contribution is -0.218. The second-order valence-electron chi connectivity index (χ2n) is 12.5. The Morgan fingerprint density at radius 3 is 2.70 bits per heavy atom. The zero-order chi connectivity index (χ0) is 34.1. The van der Waals surface area contributed by atoms with Gasteiger partial charge < -0.3 is 32.1 Å². The third kappa shape index (κ3) is 8.01. The topological polar surface area (TPSA) is 247 Å². The van der Waals surface area contributed by atoms with Crippen molar-refractivity contribution in [3.63, 3.8) is 0 Å². The first-order valence-corrected chi connectivity index (χ1v) is 17.5. The molecule has 3 heterocycles. The van der Waals surface area contributed by atoms with Gasteiger partial charge in [0, 0.05) is 17.0 Å². The molecule has 18 heteroatoms. The maximum absolute atomic E-state index is 13.3. The van der Waals surface area contributed by atoms with Gasteiger partial charge in [-0.25, -0.2) is 4.98 Å². The van der Waals surface area contributed by atoms with Gasteiger partial charge in [0.05, 0.1) is 11.6 Å². The SMILES string of the molecule is CC(O/N=C(\C(=O)NC1C(=O)N(OS(=O)(=O)O)C1(C)C)c1csc(N)n1)C1CCc2cc(C(N)=NC3CCCC(N)CC3)ccc2O1. The molecule has 5 atom stereocenters. The van der Waals surface area contributed by atoms with E-state index in [1.165, 1.54) is 19.2 Å². The average Bonchev–Trinajstić information content (AvgIpc) is 3.34. The molecule has 0 spiro atoms. The number of thiazole rings is 1. The number of oxime groups is 1. The van der Waals surface area contributed by atoms with Crippen LogP contribution in [0.3, 0.4) is 0 Å². The number of hydrogen-bond donors (Lipinski definition) is 5. The van der Waals surface area contributed by atoms with E-state index in [-0.39, 0.29) is 28.6 Å². The van der Waals surface area contributed by atoms with E-state index in [1.54, 1.807) is 6.92 Å². The summed E-state index contributed by atoms with van der Waals surface area (Å²) < 4.78 is 41.8. The fraction of sp³-hybridized carbons (Fsp3) is 0.552. The highest BCUT2D eigenvalue weighted by molar-refractivity contribution is 7.80. The van der Waals surface area contributed by atoms with Crippen LogP contribution in [0.5, 0.6) is 5.75 Å². The van der Waals surface area contributed by atoms with Crippen LogP contribution in [0.1, 0.15) is 76.1 Å². The maximum atomic E-state index is 13.3. The normalized spacial score (nSPS) is 25.6. The molecule has 47 heavy (non-hydrogen) atoms.